The Bertz CT molecular complexity index is 2310. The normalized spacial score (nSPS) is 13.6. The average Bonchev–Trinajstić information content (AvgIpc) is 3.75. The SMILES string of the molecule is C=C/C=C(\C=C/C)c1ccc2c(c1)Cc1cc(C(C)(N=C)c3ccc4c(c3)Cc3ccccc3-4)ccc1-2.NNCc1ccc(-c2ccccc2)cc1. The molecule has 3 nitrogen and oxygen atoms in total. The van der Waals surface area contributed by atoms with Crippen molar-refractivity contribution in [1.82, 2.24) is 5.43 Å². The van der Waals surface area contributed by atoms with Crippen LogP contribution in [0.25, 0.3) is 39.0 Å². The summed E-state index contributed by atoms with van der Waals surface area (Å²) in [6.07, 6.45) is 10.0. The number of hydrazine groups is 1. The minimum absolute atomic E-state index is 0.509. The zero-order valence-electron chi connectivity index (χ0n) is 30.1. The van der Waals surface area contributed by atoms with Gasteiger partial charge >= 0.3 is 0 Å². The lowest BCUT2D eigenvalue weighted by atomic mass is 9.82. The molecular weight excluding hydrogens is 631 g/mol. The van der Waals surface area contributed by atoms with Crippen LogP contribution in [0.3, 0.4) is 0 Å². The van der Waals surface area contributed by atoms with Crippen LogP contribution in [0.15, 0.2) is 169 Å². The molecule has 0 spiro atoms. The Balaban J connectivity index is 0.000000234. The van der Waals surface area contributed by atoms with Gasteiger partial charge in [0.2, 0.25) is 0 Å². The maximum atomic E-state index is 5.26. The third kappa shape index (κ3) is 6.77. The lowest BCUT2D eigenvalue weighted by Gasteiger charge is -2.27. The number of rotatable bonds is 9. The fourth-order valence-corrected chi connectivity index (χ4v) is 7.61. The number of fused-ring (bicyclic) bond motifs is 6. The highest BCUT2D eigenvalue weighted by Crippen LogP contribution is 2.44. The molecule has 0 aromatic heterocycles. The van der Waals surface area contributed by atoms with Crippen LogP contribution < -0.4 is 11.3 Å². The highest BCUT2D eigenvalue weighted by Gasteiger charge is 2.31. The molecule has 6 aromatic rings. The minimum Gasteiger partial charge on any atom is -0.285 e. The lowest BCUT2D eigenvalue weighted by Crippen LogP contribution is -2.21. The molecule has 0 amide bonds. The van der Waals surface area contributed by atoms with Crippen LogP contribution in [0.2, 0.25) is 0 Å². The molecule has 2 aliphatic rings. The summed E-state index contributed by atoms with van der Waals surface area (Å²) in [5.41, 5.74) is 21.4. The predicted octanol–water partition coefficient (Wildman–Crippen LogP) is 11.3. The van der Waals surface area contributed by atoms with Crippen molar-refractivity contribution in [3.63, 3.8) is 0 Å². The Morgan fingerprint density at radius 1 is 0.692 bits per heavy atom. The summed E-state index contributed by atoms with van der Waals surface area (Å²) >= 11 is 0. The zero-order valence-corrected chi connectivity index (χ0v) is 30.1. The summed E-state index contributed by atoms with van der Waals surface area (Å²) in [6, 6.07) is 47.9. The molecule has 0 fully saturated rings. The number of benzene rings is 6. The molecular formula is C49H45N3. The van der Waals surface area contributed by atoms with Gasteiger partial charge in [0, 0.05) is 6.54 Å². The average molecular weight is 676 g/mol. The largest absolute Gasteiger partial charge is 0.285 e. The van der Waals surface area contributed by atoms with E-state index in [9.17, 15) is 0 Å². The molecule has 1 atom stereocenters. The highest BCUT2D eigenvalue weighted by atomic mass is 15.2. The molecule has 0 saturated heterocycles. The molecule has 6 aromatic carbocycles. The Labute approximate surface area is 308 Å². The number of allylic oxidation sites excluding steroid dienone is 5. The van der Waals surface area contributed by atoms with Gasteiger partial charge in [-0.1, -0.05) is 164 Å². The number of nitrogens with two attached hydrogens (primary N) is 1. The Morgan fingerprint density at radius 2 is 1.25 bits per heavy atom. The van der Waals surface area contributed by atoms with E-state index in [0.29, 0.717) is 6.54 Å². The number of aliphatic imine (C=N–C) groups is 1. The lowest BCUT2D eigenvalue weighted by molar-refractivity contribution is 0.611. The van der Waals surface area contributed by atoms with E-state index in [-0.39, 0.29) is 0 Å². The molecule has 256 valence electrons. The van der Waals surface area contributed by atoms with Crippen molar-refractivity contribution in [3.05, 3.63) is 209 Å². The summed E-state index contributed by atoms with van der Waals surface area (Å²) < 4.78 is 0. The summed E-state index contributed by atoms with van der Waals surface area (Å²) in [7, 11) is 0. The number of hydrogen-bond donors (Lipinski definition) is 2. The molecule has 1 unspecified atom stereocenters. The van der Waals surface area contributed by atoms with E-state index in [2.05, 4.69) is 159 Å². The Kier molecular flexibility index (Phi) is 10.1. The van der Waals surface area contributed by atoms with Gasteiger partial charge in [0.05, 0.1) is 0 Å². The van der Waals surface area contributed by atoms with Crippen molar-refractivity contribution < 1.29 is 0 Å². The number of nitrogens with one attached hydrogen (secondary N) is 1. The van der Waals surface area contributed by atoms with Crippen LogP contribution in [0.5, 0.6) is 0 Å². The summed E-state index contributed by atoms with van der Waals surface area (Å²) in [4.78, 5) is 4.71. The molecule has 0 radical (unpaired) electrons. The Morgan fingerprint density at radius 3 is 1.87 bits per heavy atom. The smallest absolute Gasteiger partial charge is 0.107 e. The number of nitrogens with zero attached hydrogens (tertiary/aromatic N) is 1. The predicted molar refractivity (Wildman–Crippen MR) is 221 cm³/mol. The molecule has 8 rings (SSSR count). The first-order valence-corrected chi connectivity index (χ1v) is 18.0. The topological polar surface area (TPSA) is 50.4 Å². The van der Waals surface area contributed by atoms with Gasteiger partial charge in [0.15, 0.2) is 0 Å². The first-order chi connectivity index (χ1) is 25.4. The van der Waals surface area contributed by atoms with Gasteiger partial charge in [-0.15, -0.1) is 0 Å². The molecule has 2 aliphatic carbocycles. The van der Waals surface area contributed by atoms with Crippen molar-refractivity contribution in [2.45, 2.75) is 38.8 Å². The van der Waals surface area contributed by atoms with Gasteiger partial charge < -0.3 is 0 Å². The van der Waals surface area contributed by atoms with E-state index in [1.165, 1.54) is 83.5 Å². The van der Waals surface area contributed by atoms with Crippen molar-refractivity contribution in [2.75, 3.05) is 0 Å². The van der Waals surface area contributed by atoms with E-state index in [0.717, 1.165) is 12.8 Å². The molecule has 0 saturated carbocycles. The van der Waals surface area contributed by atoms with E-state index in [1.807, 2.05) is 31.2 Å². The van der Waals surface area contributed by atoms with Crippen molar-refractivity contribution >= 4 is 12.3 Å². The first-order valence-electron chi connectivity index (χ1n) is 18.0. The van der Waals surface area contributed by atoms with Crippen molar-refractivity contribution in [1.29, 1.82) is 0 Å². The van der Waals surface area contributed by atoms with Crippen LogP contribution in [-0.4, -0.2) is 6.72 Å². The summed E-state index contributed by atoms with van der Waals surface area (Å²) in [6.45, 7) is 12.9. The van der Waals surface area contributed by atoms with E-state index in [4.69, 9.17) is 10.8 Å². The van der Waals surface area contributed by atoms with E-state index >= 15 is 0 Å². The van der Waals surface area contributed by atoms with Gasteiger partial charge in [-0.2, -0.15) is 0 Å². The van der Waals surface area contributed by atoms with Crippen LogP contribution in [0, 0.1) is 0 Å². The second kappa shape index (κ2) is 15.2. The van der Waals surface area contributed by atoms with Crippen molar-refractivity contribution in [3.8, 4) is 33.4 Å². The third-order valence-corrected chi connectivity index (χ3v) is 10.5. The Hall–Kier alpha value is -5.87. The minimum atomic E-state index is -0.509. The van der Waals surface area contributed by atoms with Crippen LogP contribution in [0.1, 0.15) is 58.4 Å². The van der Waals surface area contributed by atoms with Gasteiger partial charge in [0.25, 0.3) is 0 Å². The van der Waals surface area contributed by atoms with Crippen LogP contribution in [-0.2, 0) is 24.9 Å². The standard InChI is InChI=1S/C36H31N.C13H14N2/c1-5-9-24(10-6-2)25-13-16-33-27(19-25)21-29-23-31(15-18-35(29)33)36(3,37-4)30-14-17-34-28(22-30)20-26-11-7-8-12-32(26)34;14-15-10-11-6-8-13(9-7-11)12-4-2-1-3-5-12/h5-19,22-23H,1,4,20-21H2,2-3H3;1-9,15H,10,14H2/b10-6-,24-9+;. The second-order valence-electron chi connectivity index (χ2n) is 13.7. The number of hydrogen-bond acceptors (Lipinski definition) is 3. The first kappa shape index (κ1) is 34.6. The molecule has 3 heteroatoms. The fraction of sp³-hybridized carbons (Fsp3) is 0.122. The van der Waals surface area contributed by atoms with E-state index in [1.54, 1.807) is 0 Å². The highest BCUT2D eigenvalue weighted by molar-refractivity contribution is 5.83. The fourth-order valence-electron chi connectivity index (χ4n) is 7.61. The summed E-state index contributed by atoms with van der Waals surface area (Å²) in [5.74, 6) is 5.26. The quantitative estimate of drug-likeness (QED) is 0.0692. The van der Waals surface area contributed by atoms with Crippen LogP contribution in [0.4, 0.5) is 0 Å². The zero-order chi connectivity index (χ0) is 36.1. The van der Waals surface area contributed by atoms with Gasteiger partial charge in [0.1, 0.15) is 5.54 Å². The van der Waals surface area contributed by atoms with E-state index < -0.39 is 5.54 Å². The molecule has 0 heterocycles. The maximum Gasteiger partial charge on any atom is 0.107 e. The van der Waals surface area contributed by atoms with Gasteiger partial charge in [-0.3, -0.25) is 16.3 Å². The van der Waals surface area contributed by atoms with Gasteiger partial charge in [-0.25, -0.2) is 0 Å². The summed E-state index contributed by atoms with van der Waals surface area (Å²) in [5, 5.41) is 0. The van der Waals surface area contributed by atoms with Crippen molar-refractivity contribution in [2.24, 2.45) is 10.8 Å². The second-order valence-corrected chi connectivity index (χ2v) is 13.7. The molecule has 52 heavy (non-hydrogen) atoms. The molecule has 0 aliphatic heterocycles. The monoisotopic (exact) mass is 675 g/mol. The van der Waals surface area contributed by atoms with Gasteiger partial charge in [-0.05, 0) is 117 Å². The molecule has 3 N–H and O–H groups in total. The van der Waals surface area contributed by atoms with Crippen LogP contribution >= 0.6 is 0 Å². The maximum absolute atomic E-state index is 5.26. The molecule has 0 bridgehead atoms. The third-order valence-electron chi connectivity index (χ3n) is 10.5.